The molecule has 0 aliphatic carbocycles. The van der Waals surface area contributed by atoms with Gasteiger partial charge in [0.15, 0.2) is 0 Å². The molecule has 15 heavy (non-hydrogen) atoms. The van der Waals surface area contributed by atoms with Crippen LogP contribution in [0.3, 0.4) is 0 Å². The molecule has 0 fully saturated rings. The molecule has 0 bridgehead atoms. The van der Waals surface area contributed by atoms with Crippen LogP contribution in [0.1, 0.15) is 43.3 Å². The SMILES string of the molecule is C=CC(NCCC)c1snnc1CCC. The van der Waals surface area contributed by atoms with Gasteiger partial charge >= 0.3 is 0 Å². The average Bonchev–Trinajstić information content (AvgIpc) is 2.68. The van der Waals surface area contributed by atoms with Crippen molar-refractivity contribution >= 4 is 11.5 Å². The molecule has 1 aromatic heterocycles. The molecule has 0 aliphatic rings. The molecule has 3 nitrogen and oxygen atoms in total. The maximum Gasteiger partial charge on any atom is 0.0806 e. The summed E-state index contributed by atoms with van der Waals surface area (Å²) < 4.78 is 4.02. The van der Waals surface area contributed by atoms with Gasteiger partial charge in [-0.1, -0.05) is 30.8 Å². The fourth-order valence-electron chi connectivity index (χ4n) is 1.44. The highest BCUT2D eigenvalue weighted by Crippen LogP contribution is 2.22. The smallest absolute Gasteiger partial charge is 0.0806 e. The predicted molar refractivity (Wildman–Crippen MR) is 65.1 cm³/mol. The zero-order valence-electron chi connectivity index (χ0n) is 9.49. The van der Waals surface area contributed by atoms with Crippen LogP contribution in [-0.4, -0.2) is 16.1 Å². The average molecular weight is 225 g/mol. The topological polar surface area (TPSA) is 37.8 Å². The van der Waals surface area contributed by atoms with Gasteiger partial charge in [0.25, 0.3) is 0 Å². The Bertz CT molecular complexity index is 296. The summed E-state index contributed by atoms with van der Waals surface area (Å²) >= 11 is 1.48. The van der Waals surface area contributed by atoms with Crippen LogP contribution in [0.5, 0.6) is 0 Å². The summed E-state index contributed by atoms with van der Waals surface area (Å²) in [4.78, 5) is 1.22. The summed E-state index contributed by atoms with van der Waals surface area (Å²) in [6.07, 6.45) is 5.17. The van der Waals surface area contributed by atoms with Crippen molar-refractivity contribution in [1.29, 1.82) is 0 Å². The Hall–Kier alpha value is -0.740. The molecule has 1 atom stereocenters. The lowest BCUT2D eigenvalue weighted by atomic mass is 10.1. The van der Waals surface area contributed by atoms with Gasteiger partial charge in [0, 0.05) is 0 Å². The first-order chi connectivity index (χ1) is 7.33. The quantitative estimate of drug-likeness (QED) is 0.725. The normalized spacial score (nSPS) is 12.7. The number of nitrogens with zero attached hydrogens (tertiary/aromatic N) is 2. The Morgan fingerprint density at radius 3 is 2.87 bits per heavy atom. The van der Waals surface area contributed by atoms with Crippen molar-refractivity contribution in [2.24, 2.45) is 0 Å². The highest BCUT2D eigenvalue weighted by molar-refractivity contribution is 7.05. The molecule has 4 heteroatoms. The second-order valence-corrected chi connectivity index (χ2v) is 4.29. The molecule has 1 unspecified atom stereocenters. The number of aryl methyl sites for hydroxylation is 1. The third kappa shape index (κ3) is 3.39. The Labute approximate surface area is 95.8 Å². The minimum Gasteiger partial charge on any atom is -0.306 e. The maximum absolute atomic E-state index is 4.16. The Morgan fingerprint density at radius 1 is 1.47 bits per heavy atom. The van der Waals surface area contributed by atoms with Crippen molar-refractivity contribution in [3.8, 4) is 0 Å². The summed E-state index contributed by atoms with van der Waals surface area (Å²) in [5, 5.41) is 7.60. The summed E-state index contributed by atoms with van der Waals surface area (Å²) in [7, 11) is 0. The van der Waals surface area contributed by atoms with Gasteiger partial charge in [0.05, 0.1) is 16.6 Å². The lowest BCUT2D eigenvalue weighted by Gasteiger charge is -2.12. The van der Waals surface area contributed by atoms with Crippen LogP contribution in [0.15, 0.2) is 12.7 Å². The lowest BCUT2D eigenvalue weighted by Crippen LogP contribution is -2.20. The number of aromatic nitrogens is 2. The second-order valence-electron chi connectivity index (χ2n) is 3.50. The maximum atomic E-state index is 4.16. The number of nitrogens with one attached hydrogen (secondary N) is 1. The van der Waals surface area contributed by atoms with Crippen molar-refractivity contribution in [3.63, 3.8) is 0 Å². The van der Waals surface area contributed by atoms with E-state index in [-0.39, 0.29) is 6.04 Å². The van der Waals surface area contributed by atoms with Gasteiger partial charge < -0.3 is 5.32 Å². The summed E-state index contributed by atoms with van der Waals surface area (Å²) in [5.74, 6) is 0. The van der Waals surface area contributed by atoms with E-state index in [1.807, 2.05) is 6.08 Å². The highest BCUT2D eigenvalue weighted by atomic mass is 32.1. The largest absolute Gasteiger partial charge is 0.306 e. The molecule has 1 heterocycles. The van der Waals surface area contributed by atoms with Crippen molar-refractivity contribution in [1.82, 2.24) is 14.9 Å². The van der Waals surface area contributed by atoms with Crippen LogP contribution < -0.4 is 5.32 Å². The van der Waals surface area contributed by atoms with E-state index in [1.165, 1.54) is 16.4 Å². The third-order valence-corrected chi connectivity index (χ3v) is 3.05. The van der Waals surface area contributed by atoms with Gasteiger partial charge in [-0.05, 0) is 30.9 Å². The third-order valence-electron chi connectivity index (χ3n) is 2.20. The molecule has 0 saturated heterocycles. The van der Waals surface area contributed by atoms with Gasteiger partial charge in [0.2, 0.25) is 0 Å². The van der Waals surface area contributed by atoms with Crippen LogP contribution >= 0.6 is 11.5 Å². The molecule has 1 aromatic rings. The Kier molecular flexibility index (Phi) is 5.50. The van der Waals surface area contributed by atoms with Crippen molar-refractivity contribution < 1.29 is 0 Å². The molecule has 0 aliphatic heterocycles. The summed E-state index contributed by atoms with van der Waals surface area (Å²) in [5.41, 5.74) is 1.12. The molecule has 0 saturated carbocycles. The Balaban J connectivity index is 2.71. The van der Waals surface area contributed by atoms with Crippen LogP contribution in [0.25, 0.3) is 0 Å². The number of hydrogen-bond donors (Lipinski definition) is 1. The molecule has 1 rings (SSSR count). The predicted octanol–water partition coefficient (Wildman–Crippen LogP) is 2.72. The minimum absolute atomic E-state index is 0.214. The molecule has 84 valence electrons. The van der Waals surface area contributed by atoms with Gasteiger partial charge in [-0.2, -0.15) is 0 Å². The minimum atomic E-state index is 0.214. The highest BCUT2D eigenvalue weighted by Gasteiger charge is 2.14. The zero-order chi connectivity index (χ0) is 11.1. The first-order valence-corrected chi connectivity index (χ1v) is 6.27. The lowest BCUT2D eigenvalue weighted by molar-refractivity contribution is 0.614. The van der Waals surface area contributed by atoms with Gasteiger partial charge in [-0.3, -0.25) is 0 Å². The van der Waals surface area contributed by atoms with Crippen LogP contribution in [0.4, 0.5) is 0 Å². The molecule has 0 aromatic carbocycles. The molecule has 1 N–H and O–H groups in total. The van der Waals surface area contributed by atoms with Crippen LogP contribution in [-0.2, 0) is 6.42 Å². The van der Waals surface area contributed by atoms with Crippen LogP contribution in [0, 0.1) is 0 Å². The monoisotopic (exact) mass is 225 g/mol. The van der Waals surface area contributed by atoms with Gasteiger partial charge in [-0.15, -0.1) is 11.7 Å². The van der Waals surface area contributed by atoms with Crippen molar-refractivity contribution in [2.45, 2.75) is 39.2 Å². The van der Waals surface area contributed by atoms with E-state index in [2.05, 4.69) is 35.3 Å². The molecule has 0 radical (unpaired) electrons. The number of hydrogen-bond acceptors (Lipinski definition) is 4. The van der Waals surface area contributed by atoms with E-state index >= 15 is 0 Å². The van der Waals surface area contributed by atoms with E-state index in [0.717, 1.165) is 31.5 Å². The standard InChI is InChI=1S/C11H19N3S/c1-4-7-10-11(15-14-13-10)9(6-3)12-8-5-2/h6,9,12H,3-5,7-8H2,1-2H3. The van der Waals surface area contributed by atoms with E-state index in [1.54, 1.807) is 0 Å². The van der Waals surface area contributed by atoms with Crippen molar-refractivity contribution in [2.75, 3.05) is 6.54 Å². The first-order valence-electron chi connectivity index (χ1n) is 5.50. The van der Waals surface area contributed by atoms with E-state index in [4.69, 9.17) is 0 Å². The number of rotatable bonds is 7. The summed E-state index contributed by atoms with van der Waals surface area (Å²) in [6.45, 7) is 9.18. The van der Waals surface area contributed by atoms with Gasteiger partial charge in [0.1, 0.15) is 0 Å². The summed E-state index contributed by atoms with van der Waals surface area (Å²) in [6, 6.07) is 0.214. The zero-order valence-corrected chi connectivity index (χ0v) is 10.3. The van der Waals surface area contributed by atoms with E-state index in [9.17, 15) is 0 Å². The molecule has 0 amide bonds. The van der Waals surface area contributed by atoms with E-state index in [0.29, 0.717) is 0 Å². The molecular weight excluding hydrogens is 206 g/mol. The first kappa shape index (κ1) is 12.3. The molecular formula is C11H19N3S. The van der Waals surface area contributed by atoms with Crippen LogP contribution in [0.2, 0.25) is 0 Å². The second kappa shape index (κ2) is 6.69. The van der Waals surface area contributed by atoms with E-state index < -0.39 is 0 Å². The fourth-order valence-corrected chi connectivity index (χ4v) is 2.21. The van der Waals surface area contributed by atoms with Crippen molar-refractivity contribution in [3.05, 3.63) is 23.2 Å². The van der Waals surface area contributed by atoms with Gasteiger partial charge in [-0.25, -0.2) is 0 Å². The molecule has 0 spiro atoms. The Morgan fingerprint density at radius 2 is 2.27 bits per heavy atom. The fraction of sp³-hybridized carbons (Fsp3) is 0.636.